The maximum Gasteiger partial charge on any atom is 0.107 e. The smallest absolute Gasteiger partial charge is 0.107 e. The molecule has 2 rings (SSSR count). The summed E-state index contributed by atoms with van der Waals surface area (Å²) in [4.78, 5) is 0. The molecule has 2 heteroatoms. The summed E-state index contributed by atoms with van der Waals surface area (Å²) in [6, 6.07) is 3.19. The second-order valence-electron chi connectivity index (χ2n) is 6.75. The van der Waals surface area contributed by atoms with Crippen molar-refractivity contribution in [3.8, 4) is 6.07 Å². The predicted molar refractivity (Wildman–Crippen MR) is 65.9 cm³/mol. The Labute approximate surface area is 99.4 Å². The minimum absolute atomic E-state index is 0.192. The van der Waals surface area contributed by atoms with E-state index in [4.69, 9.17) is 0 Å². The molecule has 0 aromatic heterocycles. The van der Waals surface area contributed by atoms with Crippen LogP contribution in [-0.2, 0) is 0 Å². The van der Waals surface area contributed by atoms with E-state index in [2.05, 4.69) is 32.2 Å². The van der Waals surface area contributed by atoms with Crippen LogP contribution in [0.1, 0.15) is 59.3 Å². The highest BCUT2D eigenvalue weighted by Gasteiger charge is 2.41. The number of hydrogen-bond donors (Lipinski definition) is 1. The zero-order valence-corrected chi connectivity index (χ0v) is 10.8. The zero-order valence-electron chi connectivity index (χ0n) is 10.8. The van der Waals surface area contributed by atoms with Crippen LogP contribution in [0.2, 0.25) is 0 Å². The van der Waals surface area contributed by atoms with Gasteiger partial charge in [-0.2, -0.15) is 5.26 Å². The maximum absolute atomic E-state index is 9.39. The van der Waals surface area contributed by atoms with Crippen molar-refractivity contribution in [2.45, 2.75) is 70.9 Å². The molecule has 2 aliphatic rings. The molecule has 0 unspecified atom stereocenters. The van der Waals surface area contributed by atoms with Crippen LogP contribution in [0.3, 0.4) is 0 Å². The minimum atomic E-state index is -0.192. The zero-order chi connectivity index (χ0) is 11.8. The Morgan fingerprint density at radius 1 is 1.12 bits per heavy atom. The summed E-state index contributed by atoms with van der Waals surface area (Å²) in [5.74, 6) is 0.787. The fourth-order valence-electron chi connectivity index (χ4n) is 2.88. The molecule has 0 atom stereocenters. The number of nitriles is 1. The lowest BCUT2D eigenvalue weighted by Gasteiger charge is -2.41. The van der Waals surface area contributed by atoms with Crippen molar-refractivity contribution < 1.29 is 0 Å². The Balaban J connectivity index is 1.93. The largest absolute Gasteiger partial charge is 0.297 e. The van der Waals surface area contributed by atoms with E-state index in [-0.39, 0.29) is 5.54 Å². The molecule has 0 aromatic rings. The van der Waals surface area contributed by atoms with Gasteiger partial charge in [0.05, 0.1) is 6.07 Å². The van der Waals surface area contributed by atoms with E-state index < -0.39 is 0 Å². The molecule has 2 saturated carbocycles. The molecule has 1 N–H and O–H groups in total. The molecule has 2 fully saturated rings. The second-order valence-corrected chi connectivity index (χ2v) is 6.75. The molecule has 16 heavy (non-hydrogen) atoms. The SMILES string of the molecule is CC(C)(C)C1CCC(C#N)(NC2CC2)CC1. The summed E-state index contributed by atoms with van der Waals surface area (Å²) in [5.41, 5.74) is 0.212. The van der Waals surface area contributed by atoms with Gasteiger partial charge in [-0.05, 0) is 49.9 Å². The number of nitrogens with one attached hydrogen (secondary N) is 1. The van der Waals surface area contributed by atoms with Gasteiger partial charge in [-0.25, -0.2) is 0 Å². The third-order valence-corrected chi connectivity index (χ3v) is 4.34. The van der Waals surface area contributed by atoms with Crippen LogP contribution in [0, 0.1) is 22.7 Å². The van der Waals surface area contributed by atoms with Gasteiger partial charge < -0.3 is 0 Å². The van der Waals surface area contributed by atoms with Crippen molar-refractivity contribution in [3.63, 3.8) is 0 Å². The van der Waals surface area contributed by atoms with Crippen molar-refractivity contribution in [1.82, 2.24) is 5.32 Å². The van der Waals surface area contributed by atoms with Gasteiger partial charge in [0, 0.05) is 6.04 Å². The first-order valence-electron chi connectivity index (χ1n) is 6.64. The molecule has 0 aromatic carbocycles. The highest BCUT2D eigenvalue weighted by Crippen LogP contribution is 2.42. The number of hydrogen-bond acceptors (Lipinski definition) is 2. The summed E-state index contributed by atoms with van der Waals surface area (Å²) < 4.78 is 0. The van der Waals surface area contributed by atoms with Gasteiger partial charge in [0.25, 0.3) is 0 Å². The van der Waals surface area contributed by atoms with Gasteiger partial charge >= 0.3 is 0 Å². The van der Waals surface area contributed by atoms with Crippen LogP contribution in [0.5, 0.6) is 0 Å². The summed E-state index contributed by atoms with van der Waals surface area (Å²) >= 11 is 0. The number of rotatable bonds is 2. The highest BCUT2D eigenvalue weighted by atomic mass is 15.0. The first kappa shape index (κ1) is 11.9. The van der Waals surface area contributed by atoms with E-state index >= 15 is 0 Å². The van der Waals surface area contributed by atoms with Crippen LogP contribution >= 0.6 is 0 Å². The average Bonchev–Trinajstić information content (AvgIpc) is 3.01. The third kappa shape index (κ3) is 2.58. The normalized spacial score (nSPS) is 35.8. The predicted octanol–water partition coefficient (Wildman–Crippen LogP) is 3.24. The van der Waals surface area contributed by atoms with Gasteiger partial charge in [0.15, 0.2) is 0 Å². The van der Waals surface area contributed by atoms with Gasteiger partial charge in [0.1, 0.15) is 5.54 Å². The summed E-state index contributed by atoms with van der Waals surface area (Å²) in [7, 11) is 0. The van der Waals surface area contributed by atoms with Gasteiger partial charge in [-0.3, -0.25) is 5.32 Å². The van der Waals surface area contributed by atoms with E-state index in [9.17, 15) is 5.26 Å². The lowest BCUT2D eigenvalue weighted by atomic mass is 9.67. The summed E-state index contributed by atoms with van der Waals surface area (Å²) in [5, 5.41) is 13.0. The van der Waals surface area contributed by atoms with E-state index in [1.165, 1.54) is 25.7 Å². The van der Waals surface area contributed by atoms with Gasteiger partial charge in [-0.1, -0.05) is 20.8 Å². The first-order valence-corrected chi connectivity index (χ1v) is 6.64. The van der Waals surface area contributed by atoms with E-state index in [0.717, 1.165) is 18.8 Å². The molecule has 0 spiro atoms. The van der Waals surface area contributed by atoms with Crippen LogP contribution < -0.4 is 5.32 Å². The van der Waals surface area contributed by atoms with Crippen LogP contribution in [0.25, 0.3) is 0 Å². The minimum Gasteiger partial charge on any atom is -0.297 e. The van der Waals surface area contributed by atoms with Crippen LogP contribution in [-0.4, -0.2) is 11.6 Å². The molecular weight excluding hydrogens is 196 g/mol. The van der Waals surface area contributed by atoms with Crippen molar-refractivity contribution in [2.24, 2.45) is 11.3 Å². The fourth-order valence-corrected chi connectivity index (χ4v) is 2.88. The van der Waals surface area contributed by atoms with E-state index in [0.29, 0.717) is 11.5 Å². The molecule has 90 valence electrons. The quantitative estimate of drug-likeness (QED) is 0.775. The van der Waals surface area contributed by atoms with E-state index in [1.54, 1.807) is 0 Å². The molecule has 0 heterocycles. The van der Waals surface area contributed by atoms with Crippen molar-refractivity contribution in [2.75, 3.05) is 0 Å². The number of nitrogens with zero attached hydrogens (tertiary/aromatic N) is 1. The lowest BCUT2D eigenvalue weighted by molar-refractivity contribution is 0.137. The Morgan fingerprint density at radius 3 is 2.06 bits per heavy atom. The van der Waals surface area contributed by atoms with Crippen LogP contribution in [0.15, 0.2) is 0 Å². The topological polar surface area (TPSA) is 35.8 Å². The standard InChI is InChI=1S/C14H24N2/c1-13(2,3)11-6-8-14(10-15,9-7-11)16-12-4-5-12/h11-12,16H,4-9H2,1-3H3. The van der Waals surface area contributed by atoms with Gasteiger partial charge in [-0.15, -0.1) is 0 Å². The molecule has 0 bridgehead atoms. The molecule has 2 aliphatic carbocycles. The lowest BCUT2D eigenvalue weighted by Crippen LogP contribution is -2.48. The maximum atomic E-state index is 9.39. The molecule has 0 amide bonds. The molecule has 0 saturated heterocycles. The molecule has 0 radical (unpaired) electrons. The van der Waals surface area contributed by atoms with Crippen molar-refractivity contribution >= 4 is 0 Å². The van der Waals surface area contributed by atoms with Gasteiger partial charge in [0.2, 0.25) is 0 Å². The fraction of sp³-hybridized carbons (Fsp3) is 0.929. The van der Waals surface area contributed by atoms with Crippen molar-refractivity contribution in [3.05, 3.63) is 0 Å². The Bertz CT molecular complexity index is 283. The highest BCUT2D eigenvalue weighted by molar-refractivity contribution is 5.12. The molecule has 2 nitrogen and oxygen atoms in total. The average molecular weight is 220 g/mol. The van der Waals surface area contributed by atoms with Crippen LogP contribution in [0.4, 0.5) is 0 Å². The summed E-state index contributed by atoms with van der Waals surface area (Å²) in [6.45, 7) is 6.97. The Hall–Kier alpha value is -0.550. The monoisotopic (exact) mass is 220 g/mol. The molecular formula is C14H24N2. The summed E-state index contributed by atoms with van der Waals surface area (Å²) in [6.07, 6.45) is 7.04. The second kappa shape index (κ2) is 4.04. The van der Waals surface area contributed by atoms with Crippen molar-refractivity contribution in [1.29, 1.82) is 5.26 Å². The first-order chi connectivity index (χ1) is 7.45. The molecule has 0 aliphatic heterocycles. The Morgan fingerprint density at radius 2 is 1.69 bits per heavy atom. The Kier molecular flexibility index (Phi) is 3.01. The van der Waals surface area contributed by atoms with E-state index in [1.807, 2.05) is 0 Å². The third-order valence-electron chi connectivity index (χ3n) is 4.34.